The summed E-state index contributed by atoms with van der Waals surface area (Å²) in [5, 5.41) is 15.4. The van der Waals surface area contributed by atoms with Crippen LogP contribution in [-0.4, -0.2) is 37.1 Å². The summed E-state index contributed by atoms with van der Waals surface area (Å²) in [6.45, 7) is 0.537. The maximum Gasteiger partial charge on any atom is 0.223 e. The largest absolute Gasteiger partial charge is 0.367 e. The molecule has 0 radical (unpaired) electrons. The zero-order valence-corrected chi connectivity index (χ0v) is 17.2. The van der Waals surface area contributed by atoms with Gasteiger partial charge < -0.3 is 15.6 Å². The second-order valence-electron chi connectivity index (χ2n) is 8.56. The Balaban J connectivity index is 1.13. The molecule has 0 bridgehead atoms. The van der Waals surface area contributed by atoms with Gasteiger partial charge in [0.25, 0.3) is 0 Å². The molecule has 3 aromatic heterocycles. The first kappa shape index (κ1) is 19.1. The third kappa shape index (κ3) is 3.91. The highest BCUT2D eigenvalue weighted by Crippen LogP contribution is 2.28. The first-order valence-corrected chi connectivity index (χ1v) is 11.2. The quantitative estimate of drug-likeness (QED) is 0.485. The van der Waals surface area contributed by atoms with Gasteiger partial charge in [0.15, 0.2) is 0 Å². The summed E-state index contributed by atoms with van der Waals surface area (Å²) >= 11 is 0. The molecule has 2 aliphatic carbocycles. The number of aryl methyl sites for hydroxylation is 1. The van der Waals surface area contributed by atoms with E-state index in [1.54, 1.807) is 6.33 Å². The molecule has 5 rings (SSSR count). The second kappa shape index (κ2) is 8.45. The van der Waals surface area contributed by atoms with Crippen LogP contribution in [0.4, 0.5) is 5.82 Å². The maximum atomic E-state index is 12.7. The van der Waals surface area contributed by atoms with Gasteiger partial charge in [0.05, 0.1) is 17.6 Å². The van der Waals surface area contributed by atoms with Crippen LogP contribution >= 0.6 is 0 Å². The van der Waals surface area contributed by atoms with E-state index in [9.17, 15) is 4.79 Å². The lowest BCUT2D eigenvalue weighted by Gasteiger charge is -2.28. The van der Waals surface area contributed by atoms with Gasteiger partial charge in [-0.15, -0.1) is 0 Å². The number of rotatable bonds is 5. The molecule has 4 N–H and O–H groups in total. The number of aromatic amines is 2. The Bertz CT molecular complexity index is 1020. The second-order valence-corrected chi connectivity index (χ2v) is 8.56. The maximum absolute atomic E-state index is 12.7. The van der Waals surface area contributed by atoms with Gasteiger partial charge in [0, 0.05) is 23.9 Å². The molecule has 3 heterocycles. The predicted molar refractivity (Wildman–Crippen MR) is 115 cm³/mol. The highest BCUT2D eigenvalue weighted by atomic mass is 16.1. The van der Waals surface area contributed by atoms with E-state index in [0.29, 0.717) is 12.6 Å². The van der Waals surface area contributed by atoms with E-state index in [1.165, 1.54) is 30.5 Å². The van der Waals surface area contributed by atoms with Crippen molar-refractivity contribution in [1.82, 2.24) is 30.5 Å². The van der Waals surface area contributed by atoms with Gasteiger partial charge in [-0.1, -0.05) is 6.42 Å². The van der Waals surface area contributed by atoms with Gasteiger partial charge in [-0.25, -0.2) is 9.97 Å². The lowest BCUT2D eigenvalue weighted by molar-refractivity contribution is -0.126. The molecule has 8 heteroatoms. The van der Waals surface area contributed by atoms with Crippen molar-refractivity contribution in [2.75, 3.05) is 5.32 Å². The molecule has 0 spiro atoms. The lowest BCUT2D eigenvalue weighted by atomic mass is 9.85. The Kier molecular flexibility index (Phi) is 5.38. The molecule has 0 unspecified atom stereocenters. The molecule has 2 aliphatic rings. The molecule has 8 nitrogen and oxygen atoms in total. The van der Waals surface area contributed by atoms with Crippen molar-refractivity contribution >= 4 is 22.8 Å². The minimum Gasteiger partial charge on any atom is -0.367 e. The van der Waals surface area contributed by atoms with Crippen molar-refractivity contribution in [1.29, 1.82) is 0 Å². The molecule has 158 valence electrons. The minimum atomic E-state index is 0.0817. The van der Waals surface area contributed by atoms with Gasteiger partial charge in [-0.2, -0.15) is 5.10 Å². The monoisotopic (exact) mass is 407 g/mol. The molecule has 0 aliphatic heterocycles. The average Bonchev–Trinajstić information content (AvgIpc) is 3.34. The fraction of sp³-hybridized carbons (Fsp3) is 0.545. The number of carbonyl (C=O) groups excluding carboxylic acids is 1. The van der Waals surface area contributed by atoms with Crippen LogP contribution < -0.4 is 10.6 Å². The van der Waals surface area contributed by atoms with Gasteiger partial charge in [0.2, 0.25) is 5.91 Å². The van der Waals surface area contributed by atoms with Crippen molar-refractivity contribution < 1.29 is 4.79 Å². The van der Waals surface area contributed by atoms with E-state index in [4.69, 9.17) is 0 Å². The Morgan fingerprint density at radius 2 is 1.97 bits per heavy atom. The summed E-state index contributed by atoms with van der Waals surface area (Å²) in [7, 11) is 0. The van der Waals surface area contributed by atoms with Crippen LogP contribution in [0.5, 0.6) is 0 Å². The number of nitrogens with zero attached hydrogens (tertiary/aromatic N) is 3. The van der Waals surface area contributed by atoms with Crippen molar-refractivity contribution in [3.05, 3.63) is 35.5 Å². The molecule has 1 saturated carbocycles. The Hall–Kier alpha value is -2.90. The summed E-state index contributed by atoms with van der Waals surface area (Å²) in [4.78, 5) is 24.5. The summed E-state index contributed by atoms with van der Waals surface area (Å²) < 4.78 is 0. The number of aromatic nitrogens is 5. The number of fused-ring (bicyclic) bond motifs is 2. The van der Waals surface area contributed by atoms with Crippen LogP contribution in [-0.2, 0) is 24.2 Å². The number of amides is 1. The molecular formula is C22H29N7O. The first-order chi connectivity index (χ1) is 14.8. The SMILES string of the molecule is O=C(NCc1n[nH]c2c1CCCCC2)C1CCC(Nc2ncnc3[nH]ccc23)CC1. The number of anilines is 1. The molecule has 3 aromatic rings. The van der Waals surface area contributed by atoms with Crippen molar-refractivity contribution in [2.45, 2.75) is 70.4 Å². The smallest absolute Gasteiger partial charge is 0.223 e. The fourth-order valence-electron chi connectivity index (χ4n) is 4.87. The Morgan fingerprint density at radius 1 is 1.10 bits per heavy atom. The van der Waals surface area contributed by atoms with Crippen LogP contribution in [0.3, 0.4) is 0 Å². The van der Waals surface area contributed by atoms with Gasteiger partial charge in [0.1, 0.15) is 17.8 Å². The fourth-order valence-corrected chi connectivity index (χ4v) is 4.87. The predicted octanol–water partition coefficient (Wildman–Crippen LogP) is 3.24. The molecule has 30 heavy (non-hydrogen) atoms. The molecule has 1 fully saturated rings. The van der Waals surface area contributed by atoms with Crippen molar-refractivity contribution in [2.24, 2.45) is 5.92 Å². The van der Waals surface area contributed by atoms with Crippen LogP contribution in [0, 0.1) is 5.92 Å². The summed E-state index contributed by atoms with van der Waals surface area (Å²) in [6, 6.07) is 2.33. The van der Waals surface area contributed by atoms with Crippen molar-refractivity contribution in [3.63, 3.8) is 0 Å². The van der Waals surface area contributed by atoms with E-state index in [2.05, 4.69) is 35.8 Å². The lowest BCUT2D eigenvalue weighted by Crippen LogP contribution is -2.36. The van der Waals surface area contributed by atoms with E-state index < -0.39 is 0 Å². The summed E-state index contributed by atoms with van der Waals surface area (Å²) in [5.74, 6) is 1.11. The number of carbonyl (C=O) groups is 1. The Labute approximate surface area is 175 Å². The normalized spacial score (nSPS) is 21.7. The molecule has 0 saturated heterocycles. The summed E-state index contributed by atoms with van der Waals surface area (Å²) in [6.07, 6.45) is 13.0. The third-order valence-electron chi connectivity index (χ3n) is 6.61. The molecule has 0 atom stereocenters. The molecule has 1 amide bonds. The van der Waals surface area contributed by atoms with Crippen LogP contribution in [0.2, 0.25) is 0 Å². The van der Waals surface area contributed by atoms with E-state index >= 15 is 0 Å². The molecule has 0 aromatic carbocycles. The molecular weight excluding hydrogens is 378 g/mol. The minimum absolute atomic E-state index is 0.0817. The zero-order valence-electron chi connectivity index (χ0n) is 17.2. The standard InChI is InChI=1S/C22H29N7O/c30-22(24-12-19-16-4-2-1-3-5-18(16)28-29-19)14-6-8-15(9-7-14)27-21-17-10-11-23-20(17)25-13-26-21/h10-11,13-15H,1-9,12H2,(H,24,30)(H,28,29)(H2,23,25,26,27). The van der Waals surface area contributed by atoms with Crippen LogP contribution in [0.15, 0.2) is 18.6 Å². The highest BCUT2D eigenvalue weighted by molar-refractivity contribution is 5.86. The van der Waals surface area contributed by atoms with Crippen LogP contribution in [0.1, 0.15) is 61.9 Å². The van der Waals surface area contributed by atoms with E-state index in [-0.39, 0.29) is 11.8 Å². The number of nitrogens with one attached hydrogen (secondary N) is 4. The number of hydrogen-bond acceptors (Lipinski definition) is 5. The zero-order chi connectivity index (χ0) is 20.3. The topological polar surface area (TPSA) is 111 Å². The number of hydrogen-bond donors (Lipinski definition) is 4. The van der Waals surface area contributed by atoms with Gasteiger partial charge in [-0.05, 0) is 63.0 Å². The third-order valence-corrected chi connectivity index (χ3v) is 6.61. The number of H-pyrrole nitrogens is 2. The van der Waals surface area contributed by atoms with Gasteiger partial charge in [-0.3, -0.25) is 9.89 Å². The Morgan fingerprint density at radius 3 is 2.87 bits per heavy atom. The summed E-state index contributed by atoms with van der Waals surface area (Å²) in [5.41, 5.74) is 4.47. The van der Waals surface area contributed by atoms with Gasteiger partial charge >= 0.3 is 0 Å². The highest BCUT2D eigenvalue weighted by Gasteiger charge is 2.27. The van der Waals surface area contributed by atoms with Crippen LogP contribution in [0.25, 0.3) is 11.0 Å². The average molecular weight is 408 g/mol. The van der Waals surface area contributed by atoms with E-state index in [0.717, 1.165) is 61.1 Å². The van der Waals surface area contributed by atoms with Crippen molar-refractivity contribution in [3.8, 4) is 0 Å². The first-order valence-electron chi connectivity index (χ1n) is 11.2. The van der Waals surface area contributed by atoms with E-state index in [1.807, 2.05) is 12.3 Å².